The number of aliphatic hydroxyl groups excluding tert-OH is 4. The van der Waals surface area contributed by atoms with Gasteiger partial charge < -0.3 is 73.6 Å². The molecule has 1 heterocycles. The van der Waals surface area contributed by atoms with Crippen molar-refractivity contribution in [2.24, 2.45) is 17.4 Å². The highest BCUT2D eigenvalue weighted by molar-refractivity contribution is 5.97. The van der Waals surface area contributed by atoms with Gasteiger partial charge in [0, 0.05) is 6.92 Å². The van der Waals surface area contributed by atoms with Gasteiger partial charge >= 0.3 is 0 Å². The molecule has 0 spiro atoms. The molecular formula is C33H52N8O13. The largest absolute Gasteiger partial charge is 0.508 e. The van der Waals surface area contributed by atoms with Gasteiger partial charge in [-0.15, -0.1) is 0 Å². The van der Waals surface area contributed by atoms with Crippen molar-refractivity contribution >= 4 is 41.4 Å². The minimum absolute atomic E-state index is 0.0112. The van der Waals surface area contributed by atoms with Gasteiger partial charge in [-0.25, -0.2) is 0 Å². The van der Waals surface area contributed by atoms with Crippen molar-refractivity contribution in [2.45, 2.75) is 108 Å². The maximum atomic E-state index is 13.8. The van der Waals surface area contributed by atoms with Gasteiger partial charge in [0.2, 0.25) is 41.4 Å². The number of aliphatic hydroxyl groups is 4. The number of hydrogen-bond acceptors (Lipinski definition) is 14. The highest BCUT2D eigenvalue weighted by atomic mass is 16.5. The van der Waals surface area contributed by atoms with Crippen LogP contribution in [0.4, 0.5) is 0 Å². The van der Waals surface area contributed by atoms with E-state index in [1.165, 1.54) is 19.1 Å². The molecule has 1 aromatic rings. The maximum absolute atomic E-state index is 13.8. The number of primary amides is 1. The van der Waals surface area contributed by atoms with Gasteiger partial charge in [0.05, 0.1) is 25.7 Å². The molecule has 0 bridgehead atoms. The Morgan fingerprint density at radius 1 is 0.833 bits per heavy atom. The fourth-order valence-electron chi connectivity index (χ4n) is 5.33. The zero-order valence-electron chi connectivity index (χ0n) is 30.4. The molecule has 1 fully saturated rings. The molecule has 0 radical (unpaired) electrons. The van der Waals surface area contributed by atoms with Crippen LogP contribution in [0.2, 0.25) is 0 Å². The second-order valence-corrected chi connectivity index (χ2v) is 13.0. The molecule has 54 heavy (non-hydrogen) atoms. The van der Waals surface area contributed by atoms with Crippen molar-refractivity contribution in [1.29, 1.82) is 0 Å². The third kappa shape index (κ3) is 13.2. The number of rotatable bonds is 19. The number of carbonyl (C=O) groups is 7. The van der Waals surface area contributed by atoms with E-state index in [1.54, 1.807) is 26.0 Å². The van der Waals surface area contributed by atoms with E-state index >= 15 is 0 Å². The van der Waals surface area contributed by atoms with Gasteiger partial charge in [-0.05, 0) is 37.0 Å². The molecule has 21 heteroatoms. The first-order valence-electron chi connectivity index (χ1n) is 17.2. The normalized spacial score (nSPS) is 22.9. The van der Waals surface area contributed by atoms with E-state index in [0.717, 1.165) is 6.92 Å². The van der Waals surface area contributed by atoms with Crippen LogP contribution in [0.25, 0.3) is 0 Å². The summed E-state index contributed by atoms with van der Waals surface area (Å²) >= 11 is 0. The fraction of sp³-hybridized carbons (Fsp3) is 0.606. The monoisotopic (exact) mass is 768 g/mol. The number of phenolic OH excluding ortho intramolecular Hbond substituents is 1. The summed E-state index contributed by atoms with van der Waals surface area (Å²) in [5.74, 6) is -6.97. The summed E-state index contributed by atoms with van der Waals surface area (Å²) in [5, 5.41) is 63.5. The van der Waals surface area contributed by atoms with Crippen LogP contribution < -0.4 is 43.4 Å². The van der Waals surface area contributed by atoms with Crippen molar-refractivity contribution in [2.75, 3.05) is 13.2 Å². The lowest BCUT2D eigenvalue weighted by atomic mass is 9.95. The first kappa shape index (κ1) is 45.2. The van der Waals surface area contributed by atoms with Crippen LogP contribution in [0.5, 0.6) is 5.75 Å². The number of hydrogen-bond donors (Lipinski definition) is 13. The predicted molar refractivity (Wildman–Crippen MR) is 187 cm³/mol. The third-order valence-electron chi connectivity index (χ3n) is 8.74. The Morgan fingerprint density at radius 2 is 1.44 bits per heavy atom. The van der Waals surface area contributed by atoms with Gasteiger partial charge in [-0.3, -0.25) is 33.6 Å². The Kier molecular flexibility index (Phi) is 17.7. The first-order chi connectivity index (χ1) is 25.3. The molecule has 21 nitrogen and oxygen atoms in total. The van der Waals surface area contributed by atoms with Gasteiger partial charge in [0.1, 0.15) is 54.3 Å². The third-order valence-corrected chi connectivity index (χ3v) is 8.74. The van der Waals surface area contributed by atoms with Crippen LogP contribution >= 0.6 is 0 Å². The van der Waals surface area contributed by atoms with Crippen LogP contribution in [0, 0.1) is 5.92 Å². The van der Waals surface area contributed by atoms with E-state index in [9.17, 15) is 59.1 Å². The van der Waals surface area contributed by atoms with E-state index < -0.39 is 128 Å². The number of ether oxygens (including phenoxy) is 1. The molecule has 1 aromatic carbocycles. The molecule has 15 N–H and O–H groups in total. The summed E-state index contributed by atoms with van der Waals surface area (Å²) in [5.41, 5.74) is 11.9. The topological polar surface area (TPSA) is 354 Å². The van der Waals surface area contributed by atoms with Crippen molar-refractivity contribution in [1.82, 2.24) is 31.9 Å². The van der Waals surface area contributed by atoms with Crippen molar-refractivity contribution in [3.63, 3.8) is 0 Å². The number of amides is 7. The van der Waals surface area contributed by atoms with Crippen LogP contribution in [-0.4, -0.2) is 141 Å². The lowest BCUT2D eigenvalue weighted by Crippen LogP contribution is -2.68. The molecule has 1 aliphatic rings. The number of benzene rings is 1. The molecule has 7 amide bonds. The summed E-state index contributed by atoms with van der Waals surface area (Å²) in [6.07, 6.45) is -6.77. The Balaban J connectivity index is 2.35. The Labute approximate surface area is 310 Å². The Morgan fingerprint density at radius 3 is 1.98 bits per heavy atom. The standard InChI is InChI=1S/C33H52N8O13/c1-5-14(2)24(41-30(51)19(34)10-17-6-8-18(45)9-7-17)32(53)38-20(31(52)36-15(3)29(50)39-21(12-42)28(35)49)11-23(46)40-33-25(37-16(4)44)27(48)26(47)22(13-43)54-33/h6-9,14-15,19-22,24-27,33,42-43,45,47-48H,5,10-13,34H2,1-4H3,(H2,35,49)(H,36,52)(H,37,44)(H,38,53)(H,39,50)(H,40,46)(H,41,51)/t14-,15-,19-,20-,21-,22+,24-,25+,26+,27+,33+/m0/s1. The van der Waals surface area contributed by atoms with Crippen molar-refractivity contribution in [3.8, 4) is 5.75 Å². The van der Waals surface area contributed by atoms with E-state index in [2.05, 4.69) is 31.9 Å². The predicted octanol–water partition coefficient (Wildman–Crippen LogP) is -5.81. The number of phenols is 1. The molecular weight excluding hydrogens is 716 g/mol. The van der Waals surface area contributed by atoms with Crippen LogP contribution in [0.1, 0.15) is 46.1 Å². The highest BCUT2D eigenvalue weighted by Crippen LogP contribution is 2.20. The lowest BCUT2D eigenvalue weighted by Gasteiger charge is -2.42. The first-order valence-corrected chi connectivity index (χ1v) is 17.2. The average Bonchev–Trinajstić information content (AvgIpc) is 3.11. The van der Waals surface area contributed by atoms with Gasteiger partial charge in [-0.2, -0.15) is 0 Å². The van der Waals surface area contributed by atoms with Crippen LogP contribution in [0.15, 0.2) is 24.3 Å². The number of carbonyl (C=O) groups excluding carboxylic acids is 7. The smallest absolute Gasteiger partial charge is 0.243 e. The van der Waals surface area contributed by atoms with Crippen molar-refractivity contribution < 1.29 is 63.8 Å². The summed E-state index contributed by atoms with van der Waals surface area (Å²) in [7, 11) is 0. The molecule has 0 aliphatic carbocycles. The number of aromatic hydroxyl groups is 1. The molecule has 2 rings (SSSR count). The second kappa shape index (κ2) is 21.1. The molecule has 0 aromatic heterocycles. The molecule has 0 unspecified atom stereocenters. The van der Waals surface area contributed by atoms with Crippen molar-refractivity contribution in [3.05, 3.63) is 29.8 Å². The fourth-order valence-corrected chi connectivity index (χ4v) is 5.33. The highest BCUT2D eigenvalue weighted by Gasteiger charge is 2.45. The van der Waals surface area contributed by atoms with Crippen LogP contribution in [0.3, 0.4) is 0 Å². The van der Waals surface area contributed by atoms with Crippen LogP contribution in [-0.2, 0) is 44.7 Å². The number of nitrogens with one attached hydrogen (secondary N) is 6. The molecule has 1 aliphatic heterocycles. The minimum Gasteiger partial charge on any atom is -0.508 e. The average molecular weight is 769 g/mol. The summed E-state index contributed by atoms with van der Waals surface area (Å²) in [4.78, 5) is 90.0. The van der Waals surface area contributed by atoms with E-state index in [4.69, 9.17) is 16.2 Å². The molecule has 0 saturated carbocycles. The lowest BCUT2D eigenvalue weighted by molar-refractivity contribution is -0.203. The van der Waals surface area contributed by atoms with Gasteiger partial charge in [0.25, 0.3) is 0 Å². The van der Waals surface area contributed by atoms with Gasteiger partial charge in [-0.1, -0.05) is 32.4 Å². The van der Waals surface area contributed by atoms with E-state index in [-0.39, 0.29) is 12.2 Å². The molecule has 302 valence electrons. The maximum Gasteiger partial charge on any atom is 0.243 e. The quantitative estimate of drug-likeness (QED) is 0.0624. The number of nitrogens with two attached hydrogens (primary N) is 2. The minimum atomic E-state index is -1.77. The van der Waals surface area contributed by atoms with E-state index in [0.29, 0.717) is 12.0 Å². The Bertz CT molecular complexity index is 1480. The SMILES string of the molecule is CC[C@H](C)[C@H](NC(=O)[C@@H](N)Cc1ccc(O)cc1)C(=O)N[C@@H](CC(=O)N[C@@H]1O[C@H](CO)[C@@H](O)[C@H](O)[C@H]1NC(C)=O)C(=O)N[C@@H](C)C(=O)N[C@@H](CO)C(N)=O. The zero-order chi connectivity index (χ0) is 40.9. The molecule has 1 saturated heterocycles. The zero-order valence-corrected chi connectivity index (χ0v) is 30.4. The second-order valence-electron chi connectivity index (χ2n) is 13.0. The van der Waals surface area contributed by atoms with E-state index in [1.807, 2.05) is 0 Å². The van der Waals surface area contributed by atoms with Gasteiger partial charge in [0.15, 0.2) is 6.23 Å². The molecule has 11 atom stereocenters. The summed E-state index contributed by atoms with van der Waals surface area (Å²) in [6, 6.07) is -2.54. The summed E-state index contributed by atoms with van der Waals surface area (Å²) < 4.78 is 5.51. The Hall–Kier alpha value is -4.93. The summed E-state index contributed by atoms with van der Waals surface area (Å²) in [6.45, 7) is 4.05.